The molecule has 0 aliphatic carbocycles. The number of nitrogens with two attached hydrogens (primary N) is 2. The first kappa shape index (κ1) is 25.0. The first-order valence-electron chi connectivity index (χ1n) is 12.8. The zero-order chi connectivity index (χ0) is 25.6. The molecule has 2 aromatic heterocycles. The quantitative estimate of drug-likeness (QED) is 0.342. The number of nitrogens with one attached hydrogen (secondary N) is 1. The second-order valence-corrected chi connectivity index (χ2v) is 9.85. The molecule has 6 rings (SSSR count). The number of likely N-dealkylation sites (tertiary alicyclic amines) is 1. The van der Waals surface area contributed by atoms with Crippen LogP contribution in [0.2, 0.25) is 0 Å². The monoisotopic (exact) mass is 502 g/mol. The normalized spacial score (nSPS) is 17.8. The Kier molecular flexibility index (Phi) is 7.82. The fourth-order valence-corrected chi connectivity index (χ4v) is 5.24. The lowest BCUT2D eigenvalue weighted by Gasteiger charge is -2.43. The van der Waals surface area contributed by atoms with Crippen LogP contribution in [0.3, 0.4) is 0 Å². The third-order valence-corrected chi connectivity index (χ3v) is 7.19. The van der Waals surface area contributed by atoms with Gasteiger partial charge in [0.2, 0.25) is 0 Å². The molecule has 0 spiro atoms. The van der Waals surface area contributed by atoms with E-state index < -0.39 is 0 Å². The van der Waals surface area contributed by atoms with E-state index in [0.717, 1.165) is 31.9 Å². The second kappa shape index (κ2) is 11.6. The van der Waals surface area contributed by atoms with Crippen molar-refractivity contribution in [2.24, 2.45) is 11.8 Å². The molecule has 8 nitrogen and oxygen atoms in total. The van der Waals surface area contributed by atoms with Crippen LogP contribution < -0.4 is 16.8 Å². The Hall–Kier alpha value is -3.69. The first-order chi connectivity index (χ1) is 18.1. The topological polar surface area (TPSA) is 103 Å². The molecule has 2 aliphatic rings. The number of hydrogen-bond acceptors (Lipinski definition) is 6. The van der Waals surface area contributed by atoms with Crippen molar-refractivity contribution < 1.29 is 4.39 Å². The molecule has 5 N–H and O–H groups in total. The molecule has 37 heavy (non-hydrogen) atoms. The van der Waals surface area contributed by atoms with Crippen molar-refractivity contribution in [1.82, 2.24) is 29.8 Å². The van der Waals surface area contributed by atoms with Crippen LogP contribution in [-0.2, 0) is 0 Å². The molecule has 0 radical (unpaired) electrons. The third kappa shape index (κ3) is 5.84. The van der Waals surface area contributed by atoms with Crippen molar-refractivity contribution in [3.8, 4) is 0 Å². The maximum atomic E-state index is 12.4. The lowest BCUT2D eigenvalue weighted by Crippen LogP contribution is -2.51. The summed E-state index contributed by atoms with van der Waals surface area (Å²) in [4.78, 5) is 2.13. The number of aromatic nitrogens is 4. The predicted molar refractivity (Wildman–Crippen MR) is 145 cm³/mol. The van der Waals surface area contributed by atoms with Gasteiger partial charge in [0.15, 0.2) is 0 Å². The zero-order valence-corrected chi connectivity index (χ0v) is 20.9. The van der Waals surface area contributed by atoms with Gasteiger partial charge in [0.05, 0.1) is 35.9 Å². The van der Waals surface area contributed by atoms with E-state index in [0.29, 0.717) is 24.1 Å². The molecule has 2 aliphatic heterocycles. The molecule has 2 unspecified atom stereocenters. The molecule has 2 fully saturated rings. The average molecular weight is 503 g/mol. The zero-order valence-electron chi connectivity index (χ0n) is 20.9. The van der Waals surface area contributed by atoms with Crippen LogP contribution in [0.5, 0.6) is 0 Å². The van der Waals surface area contributed by atoms with Gasteiger partial charge in [-0.2, -0.15) is 10.2 Å². The SMILES string of the molecule is Nc1cnn(C(c2ccccc2)C2CN(CCF)C2)c1.Nc1cnn(C(c2ccccc2)C2CNC2)c1. The molecule has 194 valence electrons. The summed E-state index contributed by atoms with van der Waals surface area (Å²) in [6.07, 6.45) is 7.17. The summed E-state index contributed by atoms with van der Waals surface area (Å²) in [7, 11) is 0. The third-order valence-electron chi connectivity index (χ3n) is 7.19. The van der Waals surface area contributed by atoms with Crippen LogP contribution in [0.15, 0.2) is 85.5 Å². The summed E-state index contributed by atoms with van der Waals surface area (Å²) >= 11 is 0. The van der Waals surface area contributed by atoms with E-state index in [1.54, 1.807) is 12.4 Å². The maximum absolute atomic E-state index is 12.4. The summed E-state index contributed by atoms with van der Waals surface area (Å²) in [6, 6.07) is 21.2. The Morgan fingerprint density at radius 1 is 0.784 bits per heavy atom. The van der Waals surface area contributed by atoms with Crippen LogP contribution in [0.1, 0.15) is 23.2 Å². The number of alkyl halides is 1. The summed E-state index contributed by atoms with van der Waals surface area (Å²) in [5.41, 5.74) is 15.4. The van der Waals surface area contributed by atoms with Gasteiger partial charge in [0.1, 0.15) is 6.67 Å². The summed E-state index contributed by atoms with van der Waals surface area (Å²) in [6.45, 7) is 4.14. The van der Waals surface area contributed by atoms with E-state index in [9.17, 15) is 4.39 Å². The maximum Gasteiger partial charge on any atom is 0.102 e. The summed E-state index contributed by atoms with van der Waals surface area (Å²) < 4.78 is 16.3. The first-order valence-corrected chi connectivity index (χ1v) is 12.8. The van der Waals surface area contributed by atoms with Gasteiger partial charge in [0.25, 0.3) is 0 Å². The van der Waals surface area contributed by atoms with Crippen molar-refractivity contribution in [2.45, 2.75) is 12.1 Å². The van der Waals surface area contributed by atoms with E-state index in [1.165, 1.54) is 11.1 Å². The number of rotatable bonds is 8. The van der Waals surface area contributed by atoms with E-state index in [4.69, 9.17) is 11.5 Å². The molecule has 2 atom stereocenters. The van der Waals surface area contributed by atoms with Crippen molar-refractivity contribution >= 4 is 11.4 Å². The highest BCUT2D eigenvalue weighted by molar-refractivity contribution is 5.33. The highest BCUT2D eigenvalue weighted by Gasteiger charge is 2.35. The Labute approximate surface area is 217 Å². The summed E-state index contributed by atoms with van der Waals surface area (Å²) in [5.74, 6) is 1.04. The van der Waals surface area contributed by atoms with Crippen LogP contribution in [0.25, 0.3) is 0 Å². The Morgan fingerprint density at radius 3 is 1.65 bits per heavy atom. The Morgan fingerprint density at radius 2 is 1.27 bits per heavy atom. The fraction of sp³-hybridized carbons (Fsp3) is 0.357. The molecule has 4 heterocycles. The molecular weight excluding hydrogens is 467 g/mol. The van der Waals surface area contributed by atoms with E-state index in [1.807, 2.05) is 46.0 Å². The van der Waals surface area contributed by atoms with Gasteiger partial charge in [-0.15, -0.1) is 0 Å². The van der Waals surface area contributed by atoms with Crippen LogP contribution in [-0.4, -0.2) is 63.9 Å². The summed E-state index contributed by atoms with van der Waals surface area (Å²) in [5, 5.41) is 12.0. The standard InChI is InChI=1S/C15H19FN4.C13H16N4/c16-6-7-19-9-13(10-19)15(12-4-2-1-3-5-12)20-11-14(17)8-18-20;14-12-8-16-17(9-12)13(11-6-15-7-11)10-4-2-1-3-5-10/h1-5,8,11,13,15H,6-7,9-10,17H2;1-5,8-9,11,13,15H,6-7,14H2. The number of nitrogen functional groups attached to an aromatic ring is 2. The molecule has 0 bridgehead atoms. The molecule has 2 aromatic carbocycles. The molecule has 9 heteroatoms. The molecule has 2 saturated heterocycles. The largest absolute Gasteiger partial charge is 0.396 e. The number of anilines is 2. The van der Waals surface area contributed by atoms with Gasteiger partial charge >= 0.3 is 0 Å². The van der Waals surface area contributed by atoms with E-state index in [2.05, 4.69) is 56.8 Å². The number of halogens is 1. The molecule has 4 aromatic rings. The van der Waals surface area contributed by atoms with Gasteiger partial charge < -0.3 is 16.8 Å². The minimum atomic E-state index is -0.280. The number of hydrogen-bond donors (Lipinski definition) is 3. The number of benzene rings is 2. The lowest BCUT2D eigenvalue weighted by molar-refractivity contribution is 0.0636. The molecule has 0 saturated carbocycles. The van der Waals surface area contributed by atoms with Crippen LogP contribution in [0, 0.1) is 11.8 Å². The average Bonchev–Trinajstić information content (AvgIpc) is 3.49. The van der Waals surface area contributed by atoms with Gasteiger partial charge in [-0.3, -0.25) is 14.3 Å². The van der Waals surface area contributed by atoms with Gasteiger partial charge in [-0.25, -0.2) is 4.39 Å². The molecular formula is C28H35FN8. The van der Waals surface area contributed by atoms with Crippen molar-refractivity contribution in [2.75, 3.05) is 50.9 Å². The Balaban J connectivity index is 0.000000153. The van der Waals surface area contributed by atoms with Gasteiger partial charge in [0, 0.05) is 57.0 Å². The molecule has 0 amide bonds. The van der Waals surface area contributed by atoms with E-state index >= 15 is 0 Å². The van der Waals surface area contributed by atoms with Gasteiger partial charge in [-0.05, 0) is 11.1 Å². The predicted octanol–water partition coefficient (Wildman–Crippen LogP) is 3.23. The number of nitrogens with zero attached hydrogens (tertiary/aromatic N) is 5. The van der Waals surface area contributed by atoms with Gasteiger partial charge in [-0.1, -0.05) is 60.7 Å². The second-order valence-electron chi connectivity index (χ2n) is 9.85. The van der Waals surface area contributed by atoms with E-state index in [-0.39, 0.29) is 18.8 Å². The smallest absolute Gasteiger partial charge is 0.102 e. The van der Waals surface area contributed by atoms with Crippen molar-refractivity contribution in [3.63, 3.8) is 0 Å². The lowest BCUT2D eigenvalue weighted by atomic mass is 9.87. The van der Waals surface area contributed by atoms with Crippen molar-refractivity contribution in [1.29, 1.82) is 0 Å². The highest BCUT2D eigenvalue weighted by Crippen LogP contribution is 2.33. The highest BCUT2D eigenvalue weighted by atomic mass is 19.1. The Bertz CT molecular complexity index is 1230. The van der Waals surface area contributed by atoms with Crippen LogP contribution in [0.4, 0.5) is 15.8 Å². The minimum Gasteiger partial charge on any atom is -0.396 e. The minimum absolute atomic E-state index is 0.171. The fourth-order valence-electron chi connectivity index (χ4n) is 5.24. The van der Waals surface area contributed by atoms with Crippen molar-refractivity contribution in [3.05, 3.63) is 96.6 Å². The van der Waals surface area contributed by atoms with Crippen LogP contribution >= 0.6 is 0 Å².